The number of halogens is 1. The summed E-state index contributed by atoms with van der Waals surface area (Å²) in [7, 11) is 1.81. The summed E-state index contributed by atoms with van der Waals surface area (Å²) in [6.07, 6.45) is 3.54. The Morgan fingerprint density at radius 3 is 2.83 bits per heavy atom. The Hall–Kier alpha value is -2.11. The molecule has 0 aromatic heterocycles. The van der Waals surface area contributed by atoms with Crippen LogP contribution in [0.25, 0.3) is 0 Å². The van der Waals surface area contributed by atoms with Crippen LogP contribution in [0, 0.1) is 11.7 Å². The Labute approximate surface area is 141 Å². The zero-order valence-electron chi connectivity index (χ0n) is 13.9. The molecule has 130 valence electrons. The van der Waals surface area contributed by atoms with Gasteiger partial charge in [0.15, 0.2) is 17.7 Å². The van der Waals surface area contributed by atoms with E-state index in [0.29, 0.717) is 25.9 Å². The highest BCUT2D eigenvalue weighted by atomic mass is 19.1. The first-order valence-electron chi connectivity index (χ1n) is 8.53. The van der Waals surface area contributed by atoms with Gasteiger partial charge in [-0.1, -0.05) is 18.6 Å². The molecule has 24 heavy (non-hydrogen) atoms. The Morgan fingerprint density at radius 1 is 1.38 bits per heavy atom. The number of hydrogen-bond donors (Lipinski definition) is 1. The second kappa shape index (κ2) is 7.20. The van der Waals surface area contributed by atoms with Gasteiger partial charge in [0, 0.05) is 38.0 Å². The monoisotopic (exact) mass is 334 g/mol. The van der Waals surface area contributed by atoms with Crippen molar-refractivity contribution in [3.05, 3.63) is 29.6 Å². The summed E-state index contributed by atoms with van der Waals surface area (Å²) in [6, 6.07) is 4.72. The minimum atomic E-state index is -0.675. The first-order chi connectivity index (χ1) is 11.6. The molecule has 3 rings (SSSR count). The minimum absolute atomic E-state index is 0.184. The molecule has 1 aliphatic carbocycles. The summed E-state index contributed by atoms with van der Waals surface area (Å²) in [5.74, 6) is -0.0801. The number of carbonyl (C=O) groups excluding carboxylic acids is 2. The fourth-order valence-corrected chi connectivity index (χ4v) is 3.09. The summed E-state index contributed by atoms with van der Waals surface area (Å²) >= 11 is 0. The van der Waals surface area contributed by atoms with Crippen LogP contribution in [0.4, 0.5) is 4.39 Å². The van der Waals surface area contributed by atoms with Crippen LogP contribution >= 0.6 is 0 Å². The Balaban J connectivity index is 1.38. The fraction of sp³-hybridized carbons (Fsp3) is 0.556. The van der Waals surface area contributed by atoms with Crippen LogP contribution < -0.4 is 10.1 Å². The van der Waals surface area contributed by atoms with Crippen molar-refractivity contribution in [2.75, 3.05) is 20.1 Å². The van der Waals surface area contributed by atoms with Gasteiger partial charge in [0.05, 0.1) is 0 Å². The van der Waals surface area contributed by atoms with E-state index < -0.39 is 11.9 Å². The summed E-state index contributed by atoms with van der Waals surface area (Å²) < 4.78 is 19.0. The van der Waals surface area contributed by atoms with Gasteiger partial charge in [-0.15, -0.1) is 0 Å². The van der Waals surface area contributed by atoms with Crippen LogP contribution in [0.5, 0.6) is 5.75 Å². The molecule has 0 radical (unpaired) electrons. The molecular weight excluding hydrogens is 311 g/mol. The molecule has 2 aliphatic rings. The van der Waals surface area contributed by atoms with Gasteiger partial charge < -0.3 is 15.0 Å². The number of amides is 2. The molecule has 1 aliphatic heterocycles. The maximum atomic E-state index is 13.6. The highest BCUT2D eigenvalue weighted by Gasteiger charge is 2.31. The first-order valence-corrected chi connectivity index (χ1v) is 8.53. The third-order valence-corrected chi connectivity index (χ3v) is 4.81. The molecule has 1 fully saturated rings. The van der Waals surface area contributed by atoms with E-state index in [4.69, 9.17) is 4.74 Å². The standard InChI is InChI=1S/C18H23FN2O3/c1-21(18(23)12-5-2-6-12)10-4-9-20-17(22)15-11-13-7-3-8-14(19)16(13)24-15/h3,7-8,12,15H,2,4-6,9-11H2,1H3,(H,20,22)/t15-/m0/s1. The number of benzene rings is 1. The van der Waals surface area contributed by atoms with E-state index in [1.165, 1.54) is 6.07 Å². The number of hydrogen-bond acceptors (Lipinski definition) is 3. The van der Waals surface area contributed by atoms with Gasteiger partial charge >= 0.3 is 0 Å². The third kappa shape index (κ3) is 3.52. The maximum Gasteiger partial charge on any atom is 0.261 e. The van der Waals surface area contributed by atoms with Gasteiger partial charge in [-0.25, -0.2) is 4.39 Å². The van der Waals surface area contributed by atoms with Gasteiger partial charge in [0.1, 0.15) is 0 Å². The molecule has 1 aromatic rings. The SMILES string of the molecule is CN(CCCNC(=O)[C@@H]1Cc2cccc(F)c2O1)C(=O)C1CCC1. The number of rotatable bonds is 6. The van der Waals surface area contributed by atoms with Gasteiger partial charge in [-0.2, -0.15) is 0 Å². The van der Waals surface area contributed by atoms with Crippen LogP contribution in [-0.4, -0.2) is 43.0 Å². The molecule has 1 saturated carbocycles. The third-order valence-electron chi connectivity index (χ3n) is 4.81. The average Bonchev–Trinajstić information content (AvgIpc) is 2.95. The molecule has 5 nitrogen and oxygen atoms in total. The molecule has 0 unspecified atom stereocenters. The predicted octanol–water partition coefficient (Wildman–Crippen LogP) is 1.89. The summed E-state index contributed by atoms with van der Waals surface area (Å²) in [6.45, 7) is 1.09. The van der Waals surface area contributed by atoms with Crippen molar-refractivity contribution in [1.82, 2.24) is 10.2 Å². The van der Waals surface area contributed by atoms with Crippen LogP contribution in [0.15, 0.2) is 18.2 Å². The number of nitrogens with one attached hydrogen (secondary N) is 1. The van der Waals surface area contributed by atoms with Crippen LogP contribution in [-0.2, 0) is 16.0 Å². The zero-order chi connectivity index (χ0) is 17.1. The Morgan fingerprint density at radius 2 is 2.17 bits per heavy atom. The molecule has 0 saturated heterocycles. The predicted molar refractivity (Wildman–Crippen MR) is 87.1 cm³/mol. The maximum absolute atomic E-state index is 13.6. The number of para-hydroxylation sites is 1. The van der Waals surface area contributed by atoms with Crippen molar-refractivity contribution in [3.63, 3.8) is 0 Å². The topological polar surface area (TPSA) is 58.6 Å². The molecule has 1 N–H and O–H groups in total. The lowest BCUT2D eigenvalue weighted by atomic mass is 9.84. The van der Waals surface area contributed by atoms with E-state index >= 15 is 0 Å². The van der Waals surface area contributed by atoms with Gasteiger partial charge in [0.25, 0.3) is 5.91 Å². The molecule has 1 atom stereocenters. The Kier molecular flexibility index (Phi) is 5.02. The molecule has 0 spiro atoms. The average molecular weight is 334 g/mol. The number of carbonyl (C=O) groups is 2. The molecular formula is C18H23FN2O3. The molecule has 6 heteroatoms. The largest absolute Gasteiger partial charge is 0.477 e. The van der Waals surface area contributed by atoms with Crippen molar-refractivity contribution in [3.8, 4) is 5.75 Å². The van der Waals surface area contributed by atoms with Gasteiger partial charge in [-0.3, -0.25) is 9.59 Å². The minimum Gasteiger partial charge on any atom is -0.477 e. The van der Waals surface area contributed by atoms with E-state index in [9.17, 15) is 14.0 Å². The Bertz CT molecular complexity index is 631. The summed E-state index contributed by atoms with van der Waals surface area (Å²) in [5.41, 5.74) is 0.723. The second-order valence-electron chi connectivity index (χ2n) is 6.57. The molecule has 1 heterocycles. The summed E-state index contributed by atoms with van der Waals surface area (Å²) in [4.78, 5) is 25.9. The van der Waals surface area contributed by atoms with E-state index in [2.05, 4.69) is 5.32 Å². The van der Waals surface area contributed by atoms with Crippen molar-refractivity contribution < 1.29 is 18.7 Å². The lowest BCUT2D eigenvalue weighted by molar-refractivity contribution is -0.136. The first kappa shape index (κ1) is 16.7. The normalized spacial score (nSPS) is 19.2. The van der Waals surface area contributed by atoms with Gasteiger partial charge in [0.2, 0.25) is 5.91 Å². The highest BCUT2D eigenvalue weighted by Crippen LogP contribution is 2.31. The van der Waals surface area contributed by atoms with Crippen molar-refractivity contribution in [2.24, 2.45) is 5.92 Å². The smallest absolute Gasteiger partial charge is 0.261 e. The zero-order valence-corrected chi connectivity index (χ0v) is 13.9. The summed E-state index contributed by atoms with van der Waals surface area (Å²) in [5, 5.41) is 2.81. The quantitative estimate of drug-likeness (QED) is 0.808. The molecule has 0 bridgehead atoms. The van der Waals surface area contributed by atoms with Crippen LogP contribution in [0.1, 0.15) is 31.2 Å². The van der Waals surface area contributed by atoms with Crippen molar-refractivity contribution >= 4 is 11.8 Å². The number of nitrogens with zero attached hydrogens (tertiary/aromatic N) is 1. The lowest BCUT2D eigenvalue weighted by Crippen LogP contribution is -2.40. The van der Waals surface area contributed by atoms with Crippen LogP contribution in [0.2, 0.25) is 0 Å². The second-order valence-corrected chi connectivity index (χ2v) is 6.57. The van der Waals surface area contributed by atoms with Crippen LogP contribution in [0.3, 0.4) is 0 Å². The molecule has 1 aromatic carbocycles. The lowest BCUT2D eigenvalue weighted by Gasteiger charge is -2.29. The van der Waals surface area contributed by atoms with E-state index in [1.54, 1.807) is 17.0 Å². The van der Waals surface area contributed by atoms with Crippen molar-refractivity contribution in [1.29, 1.82) is 0 Å². The fourth-order valence-electron chi connectivity index (χ4n) is 3.09. The number of fused-ring (bicyclic) bond motifs is 1. The van der Waals surface area contributed by atoms with E-state index in [1.807, 2.05) is 7.05 Å². The number of ether oxygens (including phenoxy) is 1. The molecule has 2 amide bonds. The van der Waals surface area contributed by atoms with Crippen molar-refractivity contribution in [2.45, 2.75) is 38.2 Å². The highest BCUT2D eigenvalue weighted by molar-refractivity contribution is 5.82. The van der Waals surface area contributed by atoms with E-state index in [-0.39, 0.29) is 23.5 Å². The van der Waals surface area contributed by atoms with Gasteiger partial charge in [-0.05, 0) is 25.3 Å². The van der Waals surface area contributed by atoms with E-state index in [0.717, 1.165) is 24.8 Å².